The third kappa shape index (κ3) is 4.43. The van der Waals surface area contributed by atoms with Gasteiger partial charge in [-0.1, -0.05) is 40.2 Å². The van der Waals surface area contributed by atoms with Crippen LogP contribution >= 0.6 is 15.9 Å². The van der Waals surface area contributed by atoms with Gasteiger partial charge in [0.25, 0.3) is 0 Å². The predicted octanol–water partition coefficient (Wildman–Crippen LogP) is 4.06. The van der Waals surface area contributed by atoms with Crippen LogP contribution in [0.4, 0.5) is 0 Å². The first-order valence-electron chi connectivity index (χ1n) is 8.52. The van der Waals surface area contributed by atoms with Crippen LogP contribution in [0, 0.1) is 0 Å². The Labute approximate surface area is 169 Å². The fraction of sp³-hybridized carbons (Fsp3) is 0.143. The molecule has 0 spiro atoms. The monoisotopic (exact) mass is 441 g/mol. The summed E-state index contributed by atoms with van der Waals surface area (Å²) < 4.78 is 7.22. The van der Waals surface area contributed by atoms with Crippen LogP contribution < -0.4 is 0 Å². The summed E-state index contributed by atoms with van der Waals surface area (Å²) in [7, 11) is 0. The summed E-state index contributed by atoms with van der Waals surface area (Å²) in [6.45, 7) is -0.371. The zero-order valence-electron chi connectivity index (χ0n) is 14.8. The van der Waals surface area contributed by atoms with Crippen molar-refractivity contribution in [3.05, 3.63) is 70.3 Å². The van der Waals surface area contributed by atoms with Gasteiger partial charge in [0.05, 0.1) is 11.9 Å². The molecule has 0 bridgehead atoms. The normalized spacial score (nSPS) is 10.6. The number of esters is 1. The molecule has 1 aromatic heterocycles. The fourth-order valence-corrected chi connectivity index (χ4v) is 3.04. The lowest BCUT2D eigenvalue weighted by atomic mass is 10.1. The third-order valence-corrected chi connectivity index (χ3v) is 4.76. The number of rotatable bonds is 7. The van der Waals surface area contributed by atoms with Crippen molar-refractivity contribution in [2.24, 2.45) is 0 Å². The van der Waals surface area contributed by atoms with Crippen molar-refractivity contribution < 1.29 is 23.9 Å². The molecule has 3 aromatic rings. The van der Waals surface area contributed by atoms with E-state index in [1.165, 1.54) is 4.57 Å². The maximum atomic E-state index is 12.4. The van der Waals surface area contributed by atoms with Crippen molar-refractivity contribution >= 4 is 50.8 Å². The molecule has 142 valence electrons. The number of ketones is 1. The lowest BCUT2D eigenvalue weighted by Gasteiger charge is -2.06. The number of nitrogens with zero attached hydrogens (tertiary/aromatic N) is 1. The Kier molecular flexibility index (Phi) is 6.16. The molecule has 1 heterocycles. The summed E-state index contributed by atoms with van der Waals surface area (Å²) in [6, 6.07) is 13.5. The van der Waals surface area contributed by atoms with Crippen LogP contribution in [0.3, 0.4) is 0 Å². The predicted molar refractivity (Wildman–Crippen MR) is 107 cm³/mol. The van der Waals surface area contributed by atoms with Crippen LogP contribution in [0.25, 0.3) is 10.9 Å². The van der Waals surface area contributed by atoms with Gasteiger partial charge in [-0.2, -0.15) is 0 Å². The van der Waals surface area contributed by atoms with Gasteiger partial charge in [-0.25, -0.2) is 0 Å². The second-order valence-electron chi connectivity index (χ2n) is 6.07. The molecule has 3 rings (SSSR count). The largest absolute Gasteiger partial charge is 0.457 e. The average Bonchev–Trinajstić information content (AvgIpc) is 3.15. The number of ether oxygens (including phenoxy) is 1. The molecule has 28 heavy (non-hydrogen) atoms. The molecule has 0 N–H and O–H groups in total. The second-order valence-corrected chi connectivity index (χ2v) is 6.98. The summed E-state index contributed by atoms with van der Waals surface area (Å²) >= 11 is 3.28. The van der Waals surface area contributed by atoms with Gasteiger partial charge < -0.3 is 4.74 Å². The van der Waals surface area contributed by atoms with Crippen molar-refractivity contribution in [1.82, 2.24) is 4.57 Å². The highest BCUT2D eigenvalue weighted by atomic mass is 79.9. The molecule has 0 amide bonds. The van der Waals surface area contributed by atoms with Gasteiger partial charge in [-0.15, -0.1) is 0 Å². The number of aromatic nitrogens is 1. The van der Waals surface area contributed by atoms with Gasteiger partial charge in [0, 0.05) is 33.6 Å². The molecule has 0 saturated carbocycles. The number of Topliss-reactive ketones (excluding diaryl/α,β-unsaturated/α-hetero) is 1. The number of carbonyl (C=O) groups is 4. The van der Waals surface area contributed by atoms with Gasteiger partial charge in [0.15, 0.2) is 18.7 Å². The van der Waals surface area contributed by atoms with Crippen LogP contribution in [0.5, 0.6) is 0 Å². The molecule has 2 aromatic carbocycles. The number of aldehydes is 1. The Bertz CT molecular complexity index is 1050. The number of benzene rings is 2. The molecular formula is C21H16BrNO5. The fourth-order valence-electron chi connectivity index (χ4n) is 2.78. The summed E-state index contributed by atoms with van der Waals surface area (Å²) in [5.41, 5.74) is 1.54. The van der Waals surface area contributed by atoms with Crippen molar-refractivity contribution in [1.29, 1.82) is 0 Å². The summed E-state index contributed by atoms with van der Waals surface area (Å²) in [4.78, 5) is 47.4. The second kappa shape index (κ2) is 8.75. The Morgan fingerprint density at radius 3 is 2.46 bits per heavy atom. The topological polar surface area (TPSA) is 82.4 Å². The quantitative estimate of drug-likeness (QED) is 0.313. The molecule has 0 atom stereocenters. The maximum absolute atomic E-state index is 12.4. The van der Waals surface area contributed by atoms with E-state index in [4.69, 9.17) is 4.74 Å². The Morgan fingerprint density at radius 2 is 1.75 bits per heavy atom. The maximum Gasteiger partial charge on any atom is 0.306 e. The van der Waals surface area contributed by atoms with E-state index in [1.54, 1.807) is 54.7 Å². The van der Waals surface area contributed by atoms with E-state index >= 15 is 0 Å². The number of carbonyl (C=O) groups excluding carboxylic acids is 4. The van der Waals surface area contributed by atoms with Crippen LogP contribution in [0.15, 0.2) is 59.2 Å². The Hall–Kier alpha value is -3.06. The molecular weight excluding hydrogens is 426 g/mol. The van der Waals surface area contributed by atoms with Crippen LogP contribution in [0.1, 0.15) is 38.4 Å². The zero-order valence-corrected chi connectivity index (χ0v) is 16.3. The van der Waals surface area contributed by atoms with Crippen molar-refractivity contribution in [3.63, 3.8) is 0 Å². The molecule has 6 nitrogen and oxygen atoms in total. The van der Waals surface area contributed by atoms with Crippen molar-refractivity contribution in [2.75, 3.05) is 6.61 Å². The highest BCUT2D eigenvalue weighted by Gasteiger charge is 2.15. The first kappa shape index (κ1) is 19.7. The van der Waals surface area contributed by atoms with E-state index in [0.717, 1.165) is 10.8 Å². The first-order chi connectivity index (χ1) is 13.5. The highest BCUT2D eigenvalue weighted by molar-refractivity contribution is 9.10. The smallest absolute Gasteiger partial charge is 0.306 e. The minimum absolute atomic E-state index is 0.0690. The van der Waals surface area contributed by atoms with E-state index in [9.17, 15) is 19.2 Å². The van der Waals surface area contributed by atoms with Crippen LogP contribution in [0.2, 0.25) is 0 Å². The van der Waals surface area contributed by atoms with Crippen molar-refractivity contribution in [3.8, 4) is 0 Å². The summed E-state index contributed by atoms with van der Waals surface area (Å²) in [5, 5.41) is 0.675. The summed E-state index contributed by atoms with van der Waals surface area (Å²) in [6.07, 6.45) is 2.10. The Morgan fingerprint density at radius 1 is 1.00 bits per heavy atom. The minimum atomic E-state index is -0.621. The van der Waals surface area contributed by atoms with Crippen LogP contribution in [-0.2, 0) is 9.53 Å². The summed E-state index contributed by atoms with van der Waals surface area (Å²) in [5.74, 6) is -1.23. The number of fused-ring (bicyclic) bond motifs is 1. The van der Waals surface area contributed by atoms with Gasteiger partial charge in [0.1, 0.15) is 0 Å². The molecule has 0 aliphatic carbocycles. The molecule has 0 aliphatic rings. The zero-order chi connectivity index (χ0) is 20.1. The molecule has 0 fully saturated rings. The highest BCUT2D eigenvalue weighted by Crippen LogP contribution is 2.19. The molecule has 7 heteroatoms. The number of hydrogen-bond acceptors (Lipinski definition) is 5. The van der Waals surface area contributed by atoms with Gasteiger partial charge in [0.2, 0.25) is 5.91 Å². The van der Waals surface area contributed by atoms with Gasteiger partial charge >= 0.3 is 5.97 Å². The SMILES string of the molecule is O=Cc1cccc2c1ccn2C(=O)CCC(=O)OCC(=O)c1ccc(Br)cc1. The number of halogens is 1. The van der Waals surface area contributed by atoms with E-state index in [0.29, 0.717) is 22.0 Å². The van der Waals surface area contributed by atoms with Crippen molar-refractivity contribution in [2.45, 2.75) is 12.8 Å². The van der Waals surface area contributed by atoms with E-state index in [-0.39, 0.29) is 31.1 Å². The molecule has 0 saturated heterocycles. The minimum Gasteiger partial charge on any atom is -0.457 e. The number of hydrogen-bond donors (Lipinski definition) is 0. The lowest BCUT2D eigenvalue weighted by molar-refractivity contribution is -0.142. The van der Waals surface area contributed by atoms with Crippen LogP contribution in [-0.4, -0.2) is 35.1 Å². The standard InChI is InChI=1S/C21H16BrNO5/c22-16-6-4-14(5-7-16)19(25)13-28-21(27)9-8-20(26)23-11-10-17-15(12-24)2-1-3-18(17)23/h1-7,10-12H,8-9,13H2. The van der Waals surface area contributed by atoms with Gasteiger partial charge in [-0.05, 0) is 24.3 Å². The first-order valence-corrected chi connectivity index (χ1v) is 9.31. The average molecular weight is 442 g/mol. The molecule has 0 radical (unpaired) electrons. The van der Waals surface area contributed by atoms with Gasteiger partial charge in [-0.3, -0.25) is 23.7 Å². The Balaban J connectivity index is 1.54. The molecule has 0 unspecified atom stereocenters. The van der Waals surface area contributed by atoms with E-state index < -0.39 is 5.97 Å². The molecule has 0 aliphatic heterocycles. The lowest BCUT2D eigenvalue weighted by Crippen LogP contribution is -2.16. The third-order valence-electron chi connectivity index (χ3n) is 4.24. The van der Waals surface area contributed by atoms with E-state index in [2.05, 4.69) is 15.9 Å². The van der Waals surface area contributed by atoms with E-state index in [1.807, 2.05) is 0 Å².